The SMILES string of the molecule is Cc1cc(C(=O)N2CCCCNC(c3ccccc3)CC(=O)NCCC2)c(C)o1. The Morgan fingerprint density at radius 1 is 1.07 bits per heavy atom. The van der Waals surface area contributed by atoms with Crippen LogP contribution in [-0.2, 0) is 4.79 Å². The number of hydrogen-bond acceptors (Lipinski definition) is 4. The second-order valence-corrected chi connectivity index (χ2v) is 7.65. The molecule has 0 spiro atoms. The number of rotatable bonds is 2. The summed E-state index contributed by atoms with van der Waals surface area (Å²) in [5.74, 6) is 1.46. The molecule has 2 N–H and O–H groups in total. The first-order chi connectivity index (χ1) is 14.0. The van der Waals surface area contributed by atoms with Gasteiger partial charge in [-0.05, 0) is 51.3 Å². The molecule has 0 saturated carbocycles. The van der Waals surface area contributed by atoms with Gasteiger partial charge < -0.3 is 20.0 Å². The van der Waals surface area contributed by atoms with Crippen molar-refractivity contribution in [2.75, 3.05) is 26.2 Å². The average Bonchev–Trinajstić information content (AvgIpc) is 3.06. The van der Waals surface area contributed by atoms with Crippen molar-refractivity contribution in [3.8, 4) is 0 Å². The lowest BCUT2D eigenvalue weighted by Gasteiger charge is -2.22. The van der Waals surface area contributed by atoms with E-state index in [9.17, 15) is 9.59 Å². The van der Waals surface area contributed by atoms with Crippen LogP contribution in [0, 0.1) is 13.8 Å². The van der Waals surface area contributed by atoms with Gasteiger partial charge >= 0.3 is 0 Å². The number of amides is 2. The number of hydrogen-bond donors (Lipinski definition) is 2. The number of benzene rings is 1. The van der Waals surface area contributed by atoms with Gasteiger partial charge in [0.05, 0.1) is 5.56 Å². The first-order valence-electron chi connectivity index (χ1n) is 10.5. The Balaban J connectivity index is 1.65. The van der Waals surface area contributed by atoms with Crippen molar-refractivity contribution in [2.24, 2.45) is 0 Å². The minimum Gasteiger partial charge on any atom is -0.466 e. The van der Waals surface area contributed by atoms with Crippen LogP contribution in [0.1, 0.15) is 59.2 Å². The van der Waals surface area contributed by atoms with Gasteiger partial charge in [0.25, 0.3) is 5.91 Å². The number of nitrogens with one attached hydrogen (secondary N) is 2. The number of furan rings is 1. The molecule has 0 aliphatic carbocycles. The van der Waals surface area contributed by atoms with Gasteiger partial charge in [0.1, 0.15) is 11.5 Å². The molecule has 6 heteroatoms. The van der Waals surface area contributed by atoms with Crippen LogP contribution in [0.15, 0.2) is 40.8 Å². The molecule has 2 heterocycles. The molecule has 0 radical (unpaired) electrons. The molecule has 1 aliphatic rings. The van der Waals surface area contributed by atoms with Crippen LogP contribution >= 0.6 is 0 Å². The summed E-state index contributed by atoms with van der Waals surface area (Å²) in [6.07, 6.45) is 3.01. The van der Waals surface area contributed by atoms with Gasteiger partial charge in [0.15, 0.2) is 0 Å². The zero-order valence-corrected chi connectivity index (χ0v) is 17.4. The Morgan fingerprint density at radius 3 is 2.55 bits per heavy atom. The van der Waals surface area contributed by atoms with Crippen LogP contribution < -0.4 is 10.6 Å². The monoisotopic (exact) mass is 397 g/mol. The fraction of sp³-hybridized carbons (Fsp3) is 0.478. The Morgan fingerprint density at radius 2 is 1.83 bits per heavy atom. The highest BCUT2D eigenvalue weighted by atomic mass is 16.3. The molecule has 1 fully saturated rings. The van der Waals surface area contributed by atoms with Crippen molar-refractivity contribution in [3.05, 3.63) is 59.0 Å². The van der Waals surface area contributed by atoms with Crippen molar-refractivity contribution in [1.29, 1.82) is 0 Å². The van der Waals surface area contributed by atoms with Crippen LogP contribution in [0.2, 0.25) is 0 Å². The summed E-state index contributed by atoms with van der Waals surface area (Å²) < 4.78 is 5.53. The Hall–Kier alpha value is -2.60. The summed E-state index contributed by atoms with van der Waals surface area (Å²) >= 11 is 0. The van der Waals surface area contributed by atoms with Gasteiger partial charge in [0, 0.05) is 32.1 Å². The Bertz CT molecular complexity index is 816. The quantitative estimate of drug-likeness (QED) is 0.815. The van der Waals surface area contributed by atoms with Crippen molar-refractivity contribution in [2.45, 2.75) is 45.6 Å². The summed E-state index contributed by atoms with van der Waals surface area (Å²) in [4.78, 5) is 27.3. The van der Waals surface area contributed by atoms with Crippen LogP contribution in [-0.4, -0.2) is 42.9 Å². The highest BCUT2D eigenvalue weighted by Crippen LogP contribution is 2.18. The van der Waals surface area contributed by atoms with Gasteiger partial charge in [0.2, 0.25) is 5.91 Å². The van der Waals surface area contributed by atoms with E-state index in [1.165, 1.54) is 0 Å². The normalized spacial score (nSPS) is 19.6. The number of carbonyl (C=O) groups is 2. The van der Waals surface area contributed by atoms with E-state index in [-0.39, 0.29) is 17.9 Å². The Kier molecular flexibility index (Phi) is 7.47. The van der Waals surface area contributed by atoms with E-state index in [1.807, 2.05) is 43.0 Å². The van der Waals surface area contributed by atoms with Gasteiger partial charge in [-0.1, -0.05) is 30.3 Å². The molecule has 1 aromatic heterocycles. The highest BCUT2D eigenvalue weighted by molar-refractivity contribution is 5.95. The maximum Gasteiger partial charge on any atom is 0.257 e. The third-order valence-electron chi connectivity index (χ3n) is 5.32. The van der Waals surface area contributed by atoms with Crippen LogP contribution in [0.3, 0.4) is 0 Å². The summed E-state index contributed by atoms with van der Waals surface area (Å²) in [6, 6.07) is 11.9. The molecule has 3 rings (SSSR count). The summed E-state index contributed by atoms with van der Waals surface area (Å²) in [7, 11) is 0. The van der Waals surface area contributed by atoms with Gasteiger partial charge in [-0.15, -0.1) is 0 Å². The Labute approximate surface area is 172 Å². The van der Waals surface area contributed by atoms with Crippen molar-refractivity contribution >= 4 is 11.8 Å². The maximum absolute atomic E-state index is 13.0. The average molecular weight is 398 g/mol. The number of aryl methyl sites for hydroxylation is 2. The first-order valence-corrected chi connectivity index (χ1v) is 10.5. The van der Waals surface area contributed by atoms with Crippen LogP contribution in [0.25, 0.3) is 0 Å². The standard InChI is InChI=1S/C23H31N3O3/c1-17-15-20(18(2)29-17)23(28)26-13-7-6-11-24-21(19-9-4-3-5-10-19)16-22(27)25-12-8-14-26/h3-5,9-10,15,21,24H,6-8,11-14,16H2,1-2H3,(H,25,27). The van der Waals surface area contributed by atoms with E-state index in [1.54, 1.807) is 0 Å². The molecular weight excluding hydrogens is 366 g/mol. The first kappa shape index (κ1) is 21.1. The van der Waals surface area contributed by atoms with Crippen molar-refractivity contribution < 1.29 is 14.0 Å². The summed E-state index contributed by atoms with van der Waals surface area (Å²) in [5.41, 5.74) is 1.76. The molecule has 1 aliphatic heterocycles. The highest BCUT2D eigenvalue weighted by Gasteiger charge is 2.21. The largest absolute Gasteiger partial charge is 0.466 e. The van der Waals surface area contributed by atoms with Crippen LogP contribution in [0.5, 0.6) is 0 Å². The summed E-state index contributed by atoms with van der Waals surface area (Å²) in [6.45, 7) is 6.38. The molecule has 1 aromatic carbocycles. The van der Waals surface area contributed by atoms with E-state index in [2.05, 4.69) is 22.8 Å². The van der Waals surface area contributed by atoms with Crippen molar-refractivity contribution in [1.82, 2.24) is 15.5 Å². The third-order valence-corrected chi connectivity index (χ3v) is 5.32. The zero-order chi connectivity index (χ0) is 20.6. The molecule has 2 aromatic rings. The molecule has 1 unspecified atom stereocenters. The lowest BCUT2D eigenvalue weighted by molar-refractivity contribution is -0.121. The van der Waals surface area contributed by atoms with E-state index in [0.717, 1.165) is 37.1 Å². The third kappa shape index (κ3) is 5.94. The molecule has 2 amide bonds. The molecular formula is C23H31N3O3. The molecule has 0 bridgehead atoms. The molecule has 1 atom stereocenters. The van der Waals surface area contributed by atoms with E-state index in [0.29, 0.717) is 37.4 Å². The predicted octanol–water partition coefficient (Wildman–Crippen LogP) is 3.36. The molecule has 156 valence electrons. The fourth-order valence-electron chi connectivity index (χ4n) is 3.78. The van der Waals surface area contributed by atoms with Crippen molar-refractivity contribution in [3.63, 3.8) is 0 Å². The van der Waals surface area contributed by atoms with Gasteiger partial charge in [-0.2, -0.15) is 0 Å². The van der Waals surface area contributed by atoms with E-state index in [4.69, 9.17) is 4.42 Å². The molecule has 1 saturated heterocycles. The van der Waals surface area contributed by atoms with E-state index >= 15 is 0 Å². The predicted molar refractivity (Wildman–Crippen MR) is 113 cm³/mol. The van der Waals surface area contributed by atoms with Crippen LogP contribution in [0.4, 0.5) is 0 Å². The molecule has 29 heavy (non-hydrogen) atoms. The zero-order valence-electron chi connectivity index (χ0n) is 17.4. The second kappa shape index (κ2) is 10.3. The fourth-order valence-corrected chi connectivity index (χ4v) is 3.78. The van der Waals surface area contributed by atoms with E-state index < -0.39 is 0 Å². The number of carbonyl (C=O) groups excluding carboxylic acids is 2. The molecule has 6 nitrogen and oxygen atoms in total. The topological polar surface area (TPSA) is 74.6 Å². The summed E-state index contributed by atoms with van der Waals surface area (Å²) in [5, 5.41) is 6.51. The second-order valence-electron chi connectivity index (χ2n) is 7.65. The lowest BCUT2D eigenvalue weighted by atomic mass is 10.0. The smallest absolute Gasteiger partial charge is 0.257 e. The minimum absolute atomic E-state index is 0.00578. The number of nitrogens with zero attached hydrogens (tertiary/aromatic N) is 1. The van der Waals surface area contributed by atoms with Gasteiger partial charge in [-0.25, -0.2) is 0 Å². The van der Waals surface area contributed by atoms with Gasteiger partial charge in [-0.3, -0.25) is 9.59 Å². The lowest BCUT2D eigenvalue weighted by Crippen LogP contribution is -2.35. The minimum atomic E-state index is 0.00578. The maximum atomic E-state index is 13.0.